The Labute approximate surface area is 203 Å². The fourth-order valence-corrected chi connectivity index (χ4v) is 4.78. The lowest BCUT2D eigenvalue weighted by molar-refractivity contribution is 0.429. The van der Waals surface area contributed by atoms with Crippen LogP contribution < -0.4 is 4.74 Å². The number of fused-ring (bicyclic) bond motifs is 3. The van der Waals surface area contributed by atoms with E-state index in [9.17, 15) is 0 Å². The summed E-state index contributed by atoms with van der Waals surface area (Å²) in [7, 11) is 0. The van der Waals surface area contributed by atoms with E-state index in [1.807, 2.05) is 19.9 Å². The molecule has 1 heterocycles. The first-order valence-electron chi connectivity index (χ1n) is 12.2. The van der Waals surface area contributed by atoms with Crippen LogP contribution in [0.2, 0.25) is 0 Å². The number of allylic oxidation sites excluding steroid dienone is 4. The van der Waals surface area contributed by atoms with Gasteiger partial charge in [-0.3, -0.25) is 0 Å². The molecule has 1 heteroatoms. The molecule has 0 bridgehead atoms. The van der Waals surface area contributed by atoms with Gasteiger partial charge in [0.25, 0.3) is 0 Å². The van der Waals surface area contributed by atoms with Crippen LogP contribution in [0.5, 0.6) is 5.75 Å². The minimum atomic E-state index is 0.331. The summed E-state index contributed by atoms with van der Waals surface area (Å²) in [6.07, 6.45) is 5.48. The first kappa shape index (κ1) is 22.0. The van der Waals surface area contributed by atoms with E-state index in [0.717, 1.165) is 17.9 Å². The summed E-state index contributed by atoms with van der Waals surface area (Å²) in [5.74, 6) is 2.41. The van der Waals surface area contributed by atoms with E-state index in [4.69, 9.17) is 4.74 Å². The van der Waals surface area contributed by atoms with E-state index < -0.39 is 0 Å². The molecular formula is C33H30O. The second-order valence-electron chi connectivity index (χ2n) is 8.63. The molecule has 0 saturated heterocycles. The summed E-state index contributed by atoms with van der Waals surface area (Å²) in [5.41, 5.74) is 9.92. The van der Waals surface area contributed by atoms with Gasteiger partial charge in [0.15, 0.2) is 0 Å². The summed E-state index contributed by atoms with van der Waals surface area (Å²) in [6, 6.07) is 34.8. The lowest BCUT2D eigenvalue weighted by Gasteiger charge is -2.18. The minimum absolute atomic E-state index is 0.331. The van der Waals surface area contributed by atoms with E-state index in [1.165, 1.54) is 44.5 Å². The van der Waals surface area contributed by atoms with Crippen molar-refractivity contribution < 1.29 is 4.74 Å². The quantitative estimate of drug-likeness (QED) is 0.307. The van der Waals surface area contributed by atoms with E-state index >= 15 is 0 Å². The van der Waals surface area contributed by atoms with Gasteiger partial charge in [-0.15, -0.1) is 0 Å². The highest BCUT2D eigenvalue weighted by atomic mass is 16.5. The Morgan fingerprint density at radius 3 is 1.97 bits per heavy atom. The molecule has 0 aromatic heterocycles. The predicted octanol–water partition coefficient (Wildman–Crippen LogP) is 9.20. The van der Waals surface area contributed by atoms with Gasteiger partial charge in [-0.05, 0) is 53.3 Å². The van der Waals surface area contributed by atoms with Crippen molar-refractivity contribution in [3.8, 4) is 28.0 Å². The molecule has 2 aliphatic rings. The van der Waals surface area contributed by atoms with Crippen LogP contribution in [0.25, 0.3) is 27.8 Å². The van der Waals surface area contributed by atoms with E-state index in [2.05, 4.69) is 110 Å². The van der Waals surface area contributed by atoms with Gasteiger partial charge in [-0.1, -0.05) is 116 Å². The summed E-state index contributed by atoms with van der Waals surface area (Å²) >= 11 is 0. The molecule has 0 saturated carbocycles. The van der Waals surface area contributed by atoms with Crippen LogP contribution in [-0.4, -0.2) is 0 Å². The highest BCUT2D eigenvalue weighted by molar-refractivity contribution is 5.81. The van der Waals surface area contributed by atoms with E-state index in [0.29, 0.717) is 5.92 Å². The average Bonchev–Trinajstić information content (AvgIpc) is 3.29. The van der Waals surface area contributed by atoms with Crippen LogP contribution in [0.1, 0.15) is 42.9 Å². The molecule has 4 aromatic carbocycles. The molecule has 1 unspecified atom stereocenters. The van der Waals surface area contributed by atoms with Gasteiger partial charge >= 0.3 is 0 Å². The molecule has 1 nitrogen and oxygen atoms in total. The lowest BCUT2D eigenvalue weighted by atomic mass is 9.86. The zero-order valence-corrected chi connectivity index (χ0v) is 20.1. The van der Waals surface area contributed by atoms with Crippen molar-refractivity contribution in [1.82, 2.24) is 0 Å². The van der Waals surface area contributed by atoms with Crippen LogP contribution in [-0.2, 0) is 0 Å². The number of ether oxygens (including phenoxy) is 1. The van der Waals surface area contributed by atoms with E-state index in [-0.39, 0.29) is 0 Å². The van der Waals surface area contributed by atoms with Gasteiger partial charge in [0.05, 0.1) is 0 Å². The standard InChI is InChI=1S/C31H24O.C2H6/c1-21-12-14-22(15-13-21)25-6-4-7-26(20-25)23-16-18-24(19-17-23)27-9-5-10-29-28-8-2-3-11-30(28)32-31(27)29;1-2/h2-9,11-20,29H,10H2,1H3;1-2H3. The SMILES string of the molecule is CC.Cc1ccc(-c2cccc(-c3ccc(C4=C5Oc6ccccc6C5CC=C4)cc3)c2)cc1. The van der Waals surface area contributed by atoms with E-state index in [1.54, 1.807) is 0 Å². The largest absolute Gasteiger partial charge is 0.460 e. The zero-order chi connectivity index (χ0) is 23.5. The normalized spacial score (nSPS) is 15.7. The van der Waals surface area contributed by atoms with Gasteiger partial charge in [-0.25, -0.2) is 0 Å². The molecule has 1 aliphatic heterocycles. The predicted molar refractivity (Wildman–Crippen MR) is 144 cm³/mol. The average molecular weight is 443 g/mol. The zero-order valence-electron chi connectivity index (χ0n) is 20.1. The number of para-hydroxylation sites is 1. The van der Waals surface area contributed by atoms with Crippen molar-refractivity contribution in [3.05, 3.63) is 132 Å². The molecule has 0 fully saturated rings. The third-order valence-corrected chi connectivity index (χ3v) is 6.53. The fourth-order valence-electron chi connectivity index (χ4n) is 4.78. The topological polar surface area (TPSA) is 9.23 Å². The molecule has 0 spiro atoms. The van der Waals surface area contributed by atoms with Gasteiger partial charge < -0.3 is 4.74 Å². The first-order valence-corrected chi connectivity index (χ1v) is 12.2. The van der Waals surface area contributed by atoms with Crippen molar-refractivity contribution in [2.75, 3.05) is 0 Å². The van der Waals surface area contributed by atoms with Crippen molar-refractivity contribution in [2.24, 2.45) is 0 Å². The Bertz CT molecular complexity index is 1350. The molecule has 34 heavy (non-hydrogen) atoms. The third-order valence-electron chi connectivity index (χ3n) is 6.53. The van der Waals surface area contributed by atoms with Crippen LogP contribution in [0.15, 0.2) is 115 Å². The van der Waals surface area contributed by atoms with Crippen LogP contribution in [0.4, 0.5) is 0 Å². The Kier molecular flexibility index (Phi) is 6.18. The smallest absolute Gasteiger partial charge is 0.130 e. The molecule has 1 aliphatic carbocycles. The maximum atomic E-state index is 6.29. The maximum Gasteiger partial charge on any atom is 0.130 e. The van der Waals surface area contributed by atoms with Crippen LogP contribution >= 0.6 is 0 Å². The number of benzene rings is 4. The number of hydrogen-bond donors (Lipinski definition) is 0. The first-order chi connectivity index (χ1) is 16.8. The van der Waals surface area contributed by atoms with Gasteiger partial charge in [0, 0.05) is 17.1 Å². The van der Waals surface area contributed by atoms with Crippen molar-refractivity contribution in [3.63, 3.8) is 0 Å². The number of aryl methyl sites for hydroxylation is 1. The molecule has 4 aromatic rings. The summed E-state index contributed by atoms with van der Waals surface area (Å²) < 4.78 is 6.29. The Morgan fingerprint density at radius 1 is 0.647 bits per heavy atom. The second kappa shape index (κ2) is 9.57. The summed E-state index contributed by atoms with van der Waals surface area (Å²) in [5, 5.41) is 0. The minimum Gasteiger partial charge on any atom is -0.460 e. The lowest BCUT2D eigenvalue weighted by Crippen LogP contribution is -2.05. The second-order valence-corrected chi connectivity index (χ2v) is 8.63. The Morgan fingerprint density at radius 2 is 1.26 bits per heavy atom. The molecule has 0 radical (unpaired) electrons. The van der Waals surface area contributed by atoms with Gasteiger partial charge in [-0.2, -0.15) is 0 Å². The maximum absolute atomic E-state index is 6.29. The molecule has 1 atom stereocenters. The van der Waals surface area contributed by atoms with Gasteiger partial charge in [0.1, 0.15) is 11.5 Å². The van der Waals surface area contributed by atoms with Crippen molar-refractivity contribution in [1.29, 1.82) is 0 Å². The Balaban J connectivity index is 0.00000117. The molecule has 6 rings (SSSR count). The number of hydrogen-bond acceptors (Lipinski definition) is 1. The molecule has 0 amide bonds. The summed E-state index contributed by atoms with van der Waals surface area (Å²) in [6.45, 7) is 6.12. The third kappa shape index (κ3) is 4.10. The van der Waals surface area contributed by atoms with Crippen molar-refractivity contribution >= 4 is 5.57 Å². The molecule has 0 N–H and O–H groups in total. The molecule has 168 valence electrons. The Hall–Kier alpha value is -3.84. The monoisotopic (exact) mass is 442 g/mol. The van der Waals surface area contributed by atoms with Crippen LogP contribution in [0, 0.1) is 6.92 Å². The summed E-state index contributed by atoms with van der Waals surface area (Å²) in [4.78, 5) is 0. The number of rotatable bonds is 3. The van der Waals surface area contributed by atoms with Crippen molar-refractivity contribution in [2.45, 2.75) is 33.1 Å². The fraction of sp³-hybridized carbons (Fsp3) is 0.152. The van der Waals surface area contributed by atoms with Gasteiger partial charge in [0.2, 0.25) is 0 Å². The highest BCUT2D eigenvalue weighted by Crippen LogP contribution is 2.47. The molecular weight excluding hydrogens is 412 g/mol. The highest BCUT2D eigenvalue weighted by Gasteiger charge is 2.32. The van der Waals surface area contributed by atoms with Crippen LogP contribution in [0.3, 0.4) is 0 Å².